The molecule has 2 aliphatic rings. The highest BCUT2D eigenvalue weighted by molar-refractivity contribution is 7.89. The van der Waals surface area contributed by atoms with Crippen LogP contribution in [0.25, 0.3) is 0 Å². The Hall–Kier alpha value is -2.34. The van der Waals surface area contributed by atoms with E-state index in [4.69, 9.17) is 11.6 Å². The van der Waals surface area contributed by atoms with Gasteiger partial charge in [0.15, 0.2) is 0 Å². The van der Waals surface area contributed by atoms with Crippen molar-refractivity contribution in [1.82, 2.24) is 4.31 Å². The number of hydrogen-bond donors (Lipinski definition) is 0. The van der Waals surface area contributed by atoms with Crippen LogP contribution in [0.2, 0.25) is 5.02 Å². The number of benzene rings is 3. The van der Waals surface area contributed by atoms with Gasteiger partial charge in [-0.05, 0) is 61.2 Å². The third-order valence-corrected chi connectivity index (χ3v) is 8.30. The number of anilines is 1. The minimum atomic E-state index is -3.61. The van der Waals surface area contributed by atoms with Gasteiger partial charge in [-0.3, -0.25) is 0 Å². The summed E-state index contributed by atoms with van der Waals surface area (Å²) in [5.74, 6) is 0. The summed E-state index contributed by atoms with van der Waals surface area (Å²) in [7, 11) is -3.61. The maximum absolute atomic E-state index is 13.6. The predicted molar refractivity (Wildman–Crippen MR) is 120 cm³/mol. The van der Waals surface area contributed by atoms with Gasteiger partial charge in [-0.1, -0.05) is 59.6 Å². The highest BCUT2D eigenvalue weighted by Crippen LogP contribution is 2.45. The SMILES string of the molecule is Cc1ccc(S(=O)(=O)N2C[C@H](c3ccc(Cl)cc3)N3c4ccccc4CC[C@H]32)cc1. The Bertz CT molecular complexity index is 1180. The number of sulfonamides is 1. The molecule has 1 fully saturated rings. The van der Waals surface area contributed by atoms with Crippen molar-refractivity contribution in [2.45, 2.75) is 36.9 Å². The number of rotatable bonds is 3. The molecular weight excluding hydrogens is 416 g/mol. The Morgan fingerprint density at radius 2 is 1.63 bits per heavy atom. The maximum atomic E-state index is 13.6. The highest BCUT2D eigenvalue weighted by Gasteiger charge is 2.48. The normalized spacial score (nSPS) is 21.3. The Labute approximate surface area is 182 Å². The molecular formula is C24H23ClN2O2S. The van der Waals surface area contributed by atoms with Crippen molar-refractivity contribution < 1.29 is 8.42 Å². The van der Waals surface area contributed by atoms with Gasteiger partial charge < -0.3 is 4.90 Å². The van der Waals surface area contributed by atoms with Gasteiger partial charge in [-0.2, -0.15) is 4.31 Å². The number of halogens is 1. The molecule has 3 aromatic rings. The second-order valence-electron chi connectivity index (χ2n) is 8.01. The number of hydrogen-bond acceptors (Lipinski definition) is 3. The number of para-hydroxylation sites is 1. The van der Waals surface area contributed by atoms with Crippen molar-refractivity contribution >= 4 is 27.3 Å². The van der Waals surface area contributed by atoms with Gasteiger partial charge in [0, 0.05) is 17.3 Å². The zero-order valence-corrected chi connectivity index (χ0v) is 18.3. The minimum Gasteiger partial charge on any atom is -0.346 e. The molecule has 1 saturated heterocycles. The standard InChI is InChI=1S/C24H23ClN2O2S/c1-17-6-13-21(14-7-17)30(28,29)26-16-23(19-8-11-20(25)12-9-19)27-22-5-3-2-4-18(22)10-15-24(26)27/h2-9,11-14,23-24H,10,15-16H2,1H3/t23-,24+/m1/s1. The molecule has 0 amide bonds. The Morgan fingerprint density at radius 1 is 0.933 bits per heavy atom. The van der Waals surface area contributed by atoms with Crippen LogP contribution in [0.1, 0.15) is 29.2 Å². The lowest BCUT2D eigenvalue weighted by Crippen LogP contribution is -2.44. The highest BCUT2D eigenvalue weighted by atomic mass is 35.5. The summed E-state index contributed by atoms with van der Waals surface area (Å²) in [5.41, 5.74) is 4.50. The van der Waals surface area contributed by atoms with Crippen LogP contribution in [0.5, 0.6) is 0 Å². The zero-order valence-electron chi connectivity index (χ0n) is 16.7. The fourth-order valence-corrected chi connectivity index (χ4v) is 6.39. The second kappa shape index (κ2) is 7.41. The van der Waals surface area contributed by atoms with E-state index in [-0.39, 0.29) is 12.2 Å². The van der Waals surface area contributed by atoms with Crippen LogP contribution < -0.4 is 4.90 Å². The van der Waals surface area contributed by atoms with Gasteiger partial charge in [-0.25, -0.2) is 8.42 Å². The summed E-state index contributed by atoms with van der Waals surface area (Å²) in [6, 6.07) is 23.1. The number of nitrogens with zero attached hydrogens (tertiary/aromatic N) is 2. The van der Waals surface area contributed by atoms with Crippen molar-refractivity contribution in [3.8, 4) is 0 Å². The summed E-state index contributed by atoms with van der Waals surface area (Å²) >= 11 is 6.11. The maximum Gasteiger partial charge on any atom is 0.244 e. The van der Waals surface area contributed by atoms with Crippen LogP contribution in [0, 0.1) is 6.92 Å². The van der Waals surface area contributed by atoms with E-state index in [1.807, 2.05) is 55.5 Å². The second-order valence-corrected chi connectivity index (χ2v) is 10.3. The first-order valence-electron chi connectivity index (χ1n) is 10.2. The van der Waals surface area contributed by atoms with Crippen LogP contribution in [0.3, 0.4) is 0 Å². The Kier molecular flexibility index (Phi) is 4.85. The van der Waals surface area contributed by atoms with Crippen LogP contribution in [0.15, 0.2) is 77.7 Å². The lowest BCUT2D eigenvalue weighted by Gasteiger charge is -2.38. The molecule has 0 saturated carbocycles. The minimum absolute atomic E-state index is 0.0612. The van der Waals surface area contributed by atoms with Gasteiger partial charge >= 0.3 is 0 Å². The van der Waals surface area contributed by atoms with Crippen molar-refractivity contribution in [2.24, 2.45) is 0 Å². The third kappa shape index (κ3) is 3.22. The number of aryl methyl sites for hydroxylation is 2. The molecule has 0 unspecified atom stereocenters. The molecule has 0 bridgehead atoms. The molecule has 4 nitrogen and oxygen atoms in total. The van der Waals surface area contributed by atoms with E-state index in [0.717, 1.165) is 29.7 Å². The first-order valence-corrected chi connectivity index (χ1v) is 12.0. The van der Waals surface area contributed by atoms with Crippen LogP contribution >= 0.6 is 11.6 Å². The van der Waals surface area contributed by atoms with E-state index >= 15 is 0 Å². The van der Waals surface area contributed by atoms with Gasteiger partial charge in [0.2, 0.25) is 10.0 Å². The molecule has 6 heteroatoms. The summed E-state index contributed by atoms with van der Waals surface area (Å²) in [6.45, 7) is 2.37. The van der Waals surface area contributed by atoms with Gasteiger partial charge in [0.1, 0.15) is 0 Å². The molecule has 154 valence electrons. The molecule has 5 rings (SSSR count). The van der Waals surface area contributed by atoms with E-state index in [1.54, 1.807) is 16.4 Å². The van der Waals surface area contributed by atoms with E-state index in [2.05, 4.69) is 17.0 Å². The first-order chi connectivity index (χ1) is 14.4. The smallest absolute Gasteiger partial charge is 0.244 e. The van der Waals surface area contributed by atoms with Crippen molar-refractivity contribution in [3.05, 3.63) is 94.5 Å². The summed E-state index contributed by atoms with van der Waals surface area (Å²) < 4.78 is 28.9. The Balaban J connectivity index is 1.61. The van der Waals surface area contributed by atoms with E-state index in [1.165, 1.54) is 5.56 Å². The lowest BCUT2D eigenvalue weighted by atomic mass is 9.97. The van der Waals surface area contributed by atoms with Crippen LogP contribution in [-0.2, 0) is 16.4 Å². The topological polar surface area (TPSA) is 40.6 Å². The largest absolute Gasteiger partial charge is 0.346 e. The predicted octanol–water partition coefficient (Wildman–Crippen LogP) is 5.17. The summed E-state index contributed by atoms with van der Waals surface area (Å²) in [4.78, 5) is 2.64. The quantitative estimate of drug-likeness (QED) is 0.566. The van der Waals surface area contributed by atoms with Gasteiger partial charge in [0.05, 0.1) is 17.1 Å². The average Bonchev–Trinajstić information content (AvgIpc) is 3.16. The molecule has 3 aromatic carbocycles. The first kappa shape index (κ1) is 19.6. The molecule has 0 aromatic heterocycles. The average molecular weight is 439 g/mol. The fourth-order valence-electron chi connectivity index (χ4n) is 4.65. The Morgan fingerprint density at radius 3 is 2.37 bits per heavy atom. The lowest BCUT2D eigenvalue weighted by molar-refractivity contribution is 0.364. The van der Waals surface area contributed by atoms with Crippen LogP contribution in [0.4, 0.5) is 5.69 Å². The molecule has 2 heterocycles. The monoisotopic (exact) mass is 438 g/mol. The molecule has 0 radical (unpaired) electrons. The molecule has 2 atom stereocenters. The summed E-state index contributed by atoms with van der Waals surface area (Å²) in [6.07, 6.45) is 1.43. The van der Waals surface area contributed by atoms with Gasteiger partial charge in [0.25, 0.3) is 0 Å². The third-order valence-electron chi connectivity index (χ3n) is 6.17. The molecule has 0 aliphatic carbocycles. The summed E-state index contributed by atoms with van der Waals surface area (Å²) in [5, 5.41) is 0.677. The zero-order chi connectivity index (χ0) is 20.9. The fraction of sp³-hybridized carbons (Fsp3) is 0.250. The molecule has 30 heavy (non-hydrogen) atoms. The van der Waals surface area contributed by atoms with Gasteiger partial charge in [-0.15, -0.1) is 0 Å². The molecule has 0 N–H and O–H groups in total. The van der Waals surface area contributed by atoms with Crippen molar-refractivity contribution in [1.29, 1.82) is 0 Å². The van der Waals surface area contributed by atoms with E-state index in [9.17, 15) is 8.42 Å². The van der Waals surface area contributed by atoms with E-state index < -0.39 is 10.0 Å². The van der Waals surface area contributed by atoms with Crippen LogP contribution in [-0.4, -0.2) is 25.4 Å². The number of fused-ring (bicyclic) bond motifs is 3. The van der Waals surface area contributed by atoms with Crippen molar-refractivity contribution in [3.63, 3.8) is 0 Å². The molecule has 2 aliphatic heterocycles. The van der Waals surface area contributed by atoms with E-state index in [0.29, 0.717) is 16.5 Å². The van der Waals surface area contributed by atoms with Crippen molar-refractivity contribution in [2.75, 3.05) is 11.4 Å². The molecule has 0 spiro atoms.